The first-order valence-corrected chi connectivity index (χ1v) is 8.94. The van der Waals surface area contributed by atoms with Gasteiger partial charge in [0.05, 0.1) is 24.4 Å². The average Bonchev–Trinajstić information content (AvgIpc) is 3.20. The Balaban J connectivity index is 1.59. The lowest BCUT2D eigenvalue weighted by Gasteiger charge is -2.20. The molecular weight excluding hydrogens is 380 g/mol. The number of esters is 2. The molecule has 0 atom stereocenters. The molecule has 3 rings (SSSR count). The molecule has 2 aromatic rings. The van der Waals surface area contributed by atoms with E-state index in [9.17, 15) is 14.4 Å². The van der Waals surface area contributed by atoms with Gasteiger partial charge < -0.3 is 29.3 Å². The maximum Gasteiger partial charge on any atom is 0.374 e. The summed E-state index contributed by atoms with van der Waals surface area (Å²) in [6.07, 6.45) is 0. The zero-order valence-electron chi connectivity index (χ0n) is 15.7. The van der Waals surface area contributed by atoms with Crippen molar-refractivity contribution in [2.45, 2.75) is 13.5 Å². The van der Waals surface area contributed by atoms with E-state index >= 15 is 0 Å². The van der Waals surface area contributed by atoms with Gasteiger partial charge in [0.2, 0.25) is 5.76 Å². The molecule has 2 amide bonds. The highest BCUT2D eigenvalue weighted by atomic mass is 16.6. The Morgan fingerprint density at radius 3 is 2.59 bits per heavy atom. The first-order valence-electron chi connectivity index (χ1n) is 8.94. The molecule has 29 heavy (non-hydrogen) atoms. The lowest BCUT2D eigenvalue weighted by atomic mass is 10.2. The van der Waals surface area contributed by atoms with Gasteiger partial charge in [-0.25, -0.2) is 14.4 Å². The Kier molecular flexibility index (Phi) is 6.51. The molecule has 0 fully saturated rings. The van der Waals surface area contributed by atoms with Gasteiger partial charge in [0, 0.05) is 0 Å². The maximum atomic E-state index is 12.2. The number of benzene rings is 1. The van der Waals surface area contributed by atoms with Crippen molar-refractivity contribution in [1.29, 1.82) is 0 Å². The van der Waals surface area contributed by atoms with E-state index in [4.69, 9.17) is 18.6 Å². The van der Waals surface area contributed by atoms with Gasteiger partial charge in [-0.3, -0.25) is 0 Å². The van der Waals surface area contributed by atoms with E-state index in [0.717, 1.165) is 0 Å². The van der Waals surface area contributed by atoms with E-state index in [-0.39, 0.29) is 43.4 Å². The van der Waals surface area contributed by atoms with Crippen molar-refractivity contribution in [3.05, 3.63) is 65.3 Å². The van der Waals surface area contributed by atoms with E-state index < -0.39 is 18.0 Å². The minimum Gasteiger partial charge on any atom is -0.486 e. The Bertz CT molecular complexity index is 918. The molecule has 0 radical (unpaired) electrons. The van der Waals surface area contributed by atoms with Crippen molar-refractivity contribution in [3.63, 3.8) is 0 Å². The smallest absolute Gasteiger partial charge is 0.374 e. The highest BCUT2D eigenvalue weighted by Crippen LogP contribution is 2.15. The molecule has 0 unspecified atom stereocenters. The zero-order valence-corrected chi connectivity index (χ0v) is 15.7. The molecule has 0 saturated heterocycles. The van der Waals surface area contributed by atoms with Crippen LogP contribution in [0.4, 0.5) is 4.79 Å². The fourth-order valence-corrected chi connectivity index (χ4v) is 2.51. The van der Waals surface area contributed by atoms with Crippen LogP contribution in [0.5, 0.6) is 5.75 Å². The molecule has 1 aromatic carbocycles. The summed E-state index contributed by atoms with van der Waals surface area (Å²) in [7, 11) is 0. The number of carbonyl (C=O) groups is 3. The molecule has 152 valence electrons. The summed E-state index contributed by atoms with van der Waals surface area (Å²) in [4.78, 5) is 35.7. The molecule has 1 aliphatic rings. The third-order valence-electron chi connectivity index (χ3n) is 3.91. The van der Waals surface area contributed by atoms with E-state index in [0.29, 0.717) is 11.5 Å². The van der Waals surface area contributed by atoms with Crippen LogP contribution >= 0.6 is 0 Å². The summed E-state index contributed by atoms with van der Waals surface area (Å²) in [6.45, 7) is 1.68. The minimum atomic E-state index is -0.737. The van der Waals surface area contributed by atoms with E-state index in [1.165, 1.54) is 6.07 Å². The van der Waals surface area contributed by atoms with Crippen LogP contribution in [0.2, 0.25) is 0 Å². The van der Waals surface area contributed by atoms with Gasteiger partial charge in [-0.05, 0) is 31.2 Å². The quantitative estimate of drug-likeness (QED) is 0.652. The van der Waals surface area contributed by atoms with Gasteiger partial charge in [-0.1, -0.05) is 18.2 Å². The van der Waals surface area contributed by atoms with Crippen LogP contribution in [-0.2, 0) is 20.9 Å². The number of hydrogen-bond acceptors (Lipinski definition) is 7. The fraction of sp³-hybridized carbons (Fsp3) is 0.250. The Morgan fingerprint density at radius 1 is 1.03 bits per heavy atom. The third kappa shape index (κ3) is 5.38. The van der Waals surface area contributed by atoms with Crippen LogP contribution in [0.25, 0.3) is 0 Å². The van der Waals surface area contributed by atoms with E-state index in [1.54, 1.807) is 25.1 Å². The van der Waals surface area contributed by atoms with Crippen molar-refractivity contribution < 1.29 is 33.0 Å². The lowest BCUT2D eigenvalue weighted by Crippen LogP contribution is -2.45. The molecule has 0 saturated carbocycles. The van der Waals surface area contributed by atoms with Gasteiger partial charge >= 0.3 is 18.0 Å². The minimum absolute atomic E-state index is 0.0146. The largest absolute Gasteiger partial charge is 0.486 e. The van der Waals surface area contributed by atoms with Crippen molar-refractivity contribution in [3.8, 4) is 5.75 Å². The van der Waals surface area contributed by atoms with Gasteiger partial charge in [-0.15, -0.1) is 0 Å². The monoisotopic (exact) mass is 400 g/mol. The van der Waals surface area contributed by atoms with Crippen molar-refractivity contribution in [2.75, 3.05) is 19.8 Å². The molecule has 1 aromatic heterocycles. The molecule has 9 heteroatoms. The van der Waals surface area contributed by atoms with Crippen LogP contribution in [0.3, 0.4) is 0 Å². The topological polar surface area (TPSA) is 116 Å². The Labute approximate surface area is 166 Å². The first kappa shape index (κ1) is 20.0. The number of ether oxygens (including phenoxy) is 3. The number of para-hydroxylation sites is 1. The summed E-state index contributed by atoms with van der Waals surface area (Å²) in [5.74, 6) is -0.227. The molecule has 2 N–H and O–H groups in total. The molecular formula is C20H20N2O7. The third-order valence-corrected chi connectivity index (χ3v) is 3.91. The highest BCUT2D eigenvalue weighted by molar-refractivity contribution is 5.94. The number of carbonyl (C=O) groups excluding carboxylic acids is 3. The predicted molar refractivity (Wildman–Crippen MR) is 100.0 cm³/mol. The van der Waals surface area contributed by atoms with E-state index in [1.807, 2.05) is 18.2 Å². The molecule has 0 spiro atoms. The first-order chi connectivity index (χ1) is 14.1. The van der Waals surface area contributed by atoms with Gasteiger partial charge in [-0.2, -0.15) is 0 Å². The Hall–Kier alpha value is -3.75. The Morgan fingerprint density at radius 2 is 1.83 bits per heavy atom. The molecule has 0 bridgehead atoms. The second-order valence-corrected chi connectivity index (χ2v) is 5.93. The maximum absolute atomic E-state index is 12.2. The molecule has 1 aliphatic heterocycles. The van der Waals surface area contributed by atoms with Crippen molar-refractivity contribution in [2.24, 2.45) is 0 Å². The number of hydrogen-bond donors (Lipinski definition) is 2. The zero-order chi connectivity index (χ0) is 20.6. The number of urea groups is 1. The van der Waals surface area contributed by atoms with Crippen LogP contribution < -0.4 is 15.4 Å². The number of amides is 2. The van der Waals surface area contributed by atoms with Crippen LogP contribution in [-0.4, -0.2) is 37.7 Å². The van der Waals surface area contributed by atoms with Crippen LogP contribution in [0, 0.1) is 0 Å². The van der Waals surface area contributed by atoms with Crippen molar-refractivity contribution in [1.82, 2.24) is 10.6 Å². The molecule has 0 aliphatic carbocycles. The standard InChI is InChI=1S/C20H20N2O7/c1-2-26-18(23)15-10-21-20(25)22-16(15)12-28-19(24)17-9-8-14(29-17)11-27-13-6-4-3-5-7-13/h3-9H,2,10-12H2,1H3,(H2,21,22,25). The van der Waals surface area contributed by atoms with Gasteiger partial charge in [0.1, 0.15) is 24.7 Å². The SMILES string of the molecule is CCOC(=O)C1=C(COC(=O)c2ccc(COc3ccccc3)o2)NC(=O)NC1. The summed E-state index contributed by atoms with van der Waals surface area (Å²) < 4.78 is 21.1. The van der Waals surface area contributed by atoms with Crippen LogP contribution in [0.1, 0.15) is 23.2 Å². The summed E-state index contributed by atoms with van der Waals surface area (Å²) in [5, 5.41) is 4.93. The second kappa shape index (κ2) is 9.45. The van der Waals surface area contributed by atoms with Gasteiger partial charge in [0.15, 0.2) is 0 Å². The van der Waals surface area contributed by atoms with Crippen molar-refractivity contribution >= 4 is 18.0 Å². The molecule has 2 heterocycles. The molecule has 9 nitrogen and oxygen atoms in total. The fourth-order valence-electron chi connectivity index (χ4n) is 2.51. The van der Waals surface area contributed by atoms with Crippen LogP contribution in [0.15, 0.2) is 58.2 Å². The number of nitrogens with one attached hydrogen (secondary N) is 2. The number of rotatable bonds is 8. The lowest BCUT2D eigenvalue weighted by molar-refractivity contribution is -0.138. The summed E-state index contributed by atoms with van der Waals surface area (Å²) in [5.41, 5.74) is 0.357. The van der Waals surface area contributed by atoms with E-state index in [2.05, 4.69) is 10.6 Å². The summed E-state index contributed by atoms with van der Waals surface area (Å²) >= 11 is 0. The highest BCUT2D eigenvalue weighted by Gasteiger charge is 2.25. The normalized spacial score (nSPS) is 13.3. The van der Waals surface area contributed by atoms with Gasteiger partial charge in [0.25, 0.3) is 0 Å². The average molecular weight is 400 g/mol. The number of furan rings is 1. The second-order valence-electron chi connectivity index (χ2n) is 5.93. The summed E-state index contributed by atoms with van der Waals surface area (Å²) in [6, 6.07) is 11.8. The predicted octanol–water partition coefficient (Wildman–Crippen LogP) is 2.15.